The third-order valence-corrected chi connectivity index (χ3v) is 21.0. The lowest BCUT2D eigenvalue weighted by atomic mass is 9.77. The molecule has 25 nitrogen and oxygen atoms in total. The maximum atomic E-state index is 13.5. The zero-order chi connectivity index (χ0) is 67.4. The predicted molar refractivity (Wildman–Crippen MR) is 375 cm³/mol. The number of hydrogen-bond donors (Lipinski definition) is 15. The monoisotopic (exact) mass is 1380 g/mol. The molecule has 0 unspecified atom stereocenters. The van der Waals surface area contributed by atoms with Crippen molar-refractivity contribution in [1.29, 1.82) is 10.8 Å². The summed E-state index contributed by atoms with van der Waals surface area (Å²) in [6, 6.07) is 20.4. The number of unbranched alkanes of at least 4 members (excludes halogenated alkanes) is 7. The number of esters is 1. The van der Waals surface area contributed by atoms with E-state index < -0.39 is 17.5 Å². The van der Waals surface area contributed by atoms with Crippen LogP contribution in [0.5, 0.6) is 23.0 Å². The Morgan fingerprint density at radius 2 is 1.04 bits per heavy atom. The molecule has 516 valence electrons. The van der Waals surface area contributed by atoms with E-state index in [1.165, 1.54) is 24.3 Å². The molecule has 28 heteroatoms. The highest BCUT2D eigenvalue weighted by Crippen LogP contribution is 2.57. The molecule has 10 rings (SSSR count). The van der Waals surface area contributed by atoms with Gasteiger partial charge in [0, 0.05) is 132 Å². The SMILES string of the molecule is N=C1N[C@H]2[C@H](CS[C@H]2CCCCC(=O)NCCCCCC(=O)Nc2cc(NC(=O)CCCCCNC(=O)CCCC[C@@H]3SC[C@@H]4NC(=N)N[C@@H]43)cc(C(=O)NCCOCCOCCCCNC(=S)Nc3ccc4c(c3)C(=O)OC43c4ccc(O)cc4Oc4cc(O)ccc43)c2)N1. The molecule has 0 radical (unpaired) electrons. The number of benzene rings is 4. The number of aromatic hydroxyl groups is 2. The number of anilines is 3. The van der Waals surface area contributed by atoms with E-state index in [9.17, 15) is 39.0 Å². The van der Waals surface area contributed by atoms with Crippen molar-refractivity contribution in [2.75, 3.05) is 80.1 Å². The van der Waals surface area contributed by atoms with E-state index in [0.29, 0.717) is 156 Å². The first-order valence-electron chi connectivity index (χ1n) is 33.5. The lowest BCUT2D eigenvalue weighted by molar-refractivity contribution is -0.122. The highest BCUT2D eigenvalue weighted by molar-refractivity contribution is 8.00. The second-order valence-electron chi connectivity index (χ2n) is 24.9. The topological polar surface area (TPSA) is 360 Å². The van der Waals surface area contributed by atoms with Gasteiger partial charge in [0.2, 0.25) is 23.6 Å². The molecule has 4 saturated heterocycles. The number of rotatable bonds is 37. The van der Waals surface area contributed by atoms with Crippen LogP contribution in [0.2, 0.25) is 0 Å². The summed E-state index contributed by atoms with van der Waals surface area (Å²) in [7, 11) is 0. The lowest BCUT2D eigenvalue weighted by Crippen LogP contribution is -2.36. The van der Waals surface area contributed by atoms with Crippen LogP contribution in [0.4, 0.5) is 17.1 Å². The molecule has 0 saturated carbocycles. The molecular weight excluding hydrogens is 1290 g/mol. The zero-order valence-corrected chi connectivity index (χ0v) is 56.3. The van der Waals surface area contributed by atoms with Crippen LogP contribution in [0.3, 0.4) is 0 Å². The molecule has 15 N–H and O–H groups in total. The Bertz CT molecular complexity index is 3320. The van der Waals surface area contributed by atoms with Crippen molar-refractivity contribution in [2.45, 2.75) is 156 Å². The van der Waals surface area contributed by atoms with Crippen LogP contribution < -0.4 is 63.2 Å². The Hall–Kier alpha value is -8.05. The summed E-state index contributed by atoms with van der Waals surface area (Å²) in [4.78, 5) is 78.6. The highest BCUT2D eigenvalue weighted by atomic mass is 32.2. The summed E-state index contributed by atoms with van der Waals surface area (Å²) in [5.74, 6) is 1.89. The average Bonchev–Trinajstić information content (AvgIpc) is 1.47. The molecule has 5 amide bonds. The molecular formula is C68H89N13O12S3. The van der Waals surface area contributed by atoms with Gasteiger partial charge in [0.25, 0.3) is 5.91 Å². The Balaban J connectivity index is 0.596. The number of hydrogen-bond acceptors (Lipinski definition) is 17. The summed E-state index contributed by atoms with van der Waals surface area (Å²) >= 11 is 9.42. The number of nitrogens with one attached hydrogen (secondary N) is 13. The van der Waals surface area contributed by atoms with Crippen molar-refractivity contribution in [3.05, 3.63) is 101 Å². The normalized spacial score (nSPS) is 19.6. The van der Waals surface area contributed by atoms with Gasteiger partial charge in [-0.3, -0.25) is 34.8 Å². The third kappa shape index (κ3) is 19.4. The van der Waals surface area contributed by atoms with Crippen molar-refractivity contribution in [3.8, 4) is 23.0 Å². The van der Waals surface area contributed by atoms with E-state index in [0.717, 1.165) is 88.6 Å². The fraction of sp³-hybridized carbons (Fsp3) is 0.515. The number of carbonyl (C=O) groups is 6. The minimum absolute atomic E-state index is 0.0230. The van der Waals surface area contributed by atoms with Crippen molar-refractivity contribution >= 4 is 105 Å². The van der Waals surface area contributed by atoms with Gasteiger partial charge in [0.1, 0.15) is 23.0 Å². The van der Waals surface area contributed by atoms with Crippen molar-refractivity contribution < 1.29 is 57.9 Å². The number of ether oxygens (including phenoxy) is 4. The molecule has 1 spiro atoms. The molecule has 6 atom stereocenters. The fourth-order valence-electron chi connectivity index (χ4n) is 12.9. The Morgan fingerprint density at radius 1 is 0.531 bits per heavy atom. The predicted octanol–water partition coefficient (Wildman–Crippen LogP) is 7.51. The minimum atomic E-state index is -1.37. The van der Waals surface area contributed by atoms with Crippen LogP contribution in [-0.4, -0.2) is 162 Å². The Kier molecular flexibility index (Phi) is 25.6. The lowest BCUT2D eigenvalue weighted by Gasteiger charge is -2.36. The van der Waals surface area contributed by atoms with Crippen molar-refractivity contribution in [1.82, 2.24) is 42.5 Å². The van der Waals surface area contributed by atoms with E-state index in [4.69, 9.17) is 42.0 Å². The largest absolute Gasteiger partial charge is 0.508 e. The average molecular weight is 1380 g/mol. The van der Waals surface area contributed by atoms with Gasteiger partial charge in [-0.1, -0.05) is 31.7 Å². The van der Waals surface area contributed by atoms with E-state index in [1.54, 1.807) is 48.5 Å². The summed E-state index contributed by atoms with van der Waals surface area (Å²) < 4.78 is 23.7. The zero-order valence-electron chi connectivity index (χ0n) is 53.9. The van der Waals surface area contributed by atoms with Crippen LogP contribution in [0.15, 0.2) is 72.8 Å². The van der Waals surface area contributed by atoms with Crippen molar-refractivity contribution in [3.63, 3.8) is 0 Å². The van der Waals surface area contributed by atoms with Crippen LogP contribution in [0, 0.1) is 10.8 Å². The maximum absolute atomic E-state index is 13.5. The summed E-state index contributed by atoms with van der Waals surface area (Å²) in [6.45, 7) is 3.16. The Labute approximate surface area is 573 Å². The molecule has 0 aliphatic carbocycles. The van der Waals surface area contributed by atoms with Crippen LogP contribution in [-0.2, 0) is 39.0 Å². The quantitative estimate of drug-likeness (QED) is 0.0118. The van der Waals surface area contributed by atoms with Gasteiger partial charge in [0.05, 0.1) is 49.6 Å². The highest BCUT2D eigenvalue weighted by Gasteiger charge is 2.54. The third-order valence-electron chi connectivity index (χ3n) is 17.7. The van der Waals surface area contributed by atoms with Gasteiger partial charge in [-0.25, -0.2) is 4.79 Å². The molecule has 4 aromatic carbocycles. The smallest absolute Gasteiger partial charge is 0.340 e. The standard InChI is InChI=1S/C68H89N13O12S3/c69-65-78-51-39-95-55(61(51)80-65)13-5-7-15-57(84)71-25-9-1-3-17-59(86)75-43-33-41(34-44(35-43)76-60(87)18-4-2-10-26-72-58(85)16-8-6-14-56-62-52(40-96-56)79-66(70)81-62)63(88)73-28-30-91-32-31-90-29-12-11-27-74-67(94)77-42-19-22-48-47(36-42)64(89)93-68(48)49-23-20-45(82)37-53(49)92-54-38-46(83)21-24-50(54)68/h19-24,33-38,51-52,55-56,61-62,82-83H,1-18,25-32,39-40H2,(H,71,84)(H,72,85)(H,73,88)(H,75,86)(H,76,87)(H3,69,78,80)(H3,70,79,81)(H2,74,77,94)/t51-,52-,55-,56-,61-,62-/m0/s1. The maximum Gasteiger partial charge on any atom is 0.340 e. The number of thioether (sulfide) groups is 2. The van der Waals surface area contributed by atoms with E-state index >= 15 is 0 Å². The Morgan fingerprint density at radius 3 is 1.61 bits per heavy atom. The summed E-state index contributed by atoms with van der Waals surface area (Å²) in [6.07, 6.45) is 12.5. The molecule has 96 heavy (non-hydrogen) atoms. The number of amides is 5. The fourth-order valence-corrected chi connectivity index (χ4v) is 16.2. The number of phenols is 2. The molecule has 0 bridgehead atoms. The molecule has 4 aromatic rings. The van der Waals surface area contributed by atoms with Gasteiger partial charge >= 0.3 is 5.97 Å². The summed E-state index contributed by atoms with van der Waals surface area (Å²) in [5, 5.41) is 71.2. The molecule has 4 fully saturated rings. The number of carbonyl (C=O) groups excluding carboxylic acids is 6. The van der Waals surface area contributed by atoms with Gasteiger partial charge < -0.3 is 87.6 Å². The second kappa shape index (κ2) is 34.8. The first-order valence-corrected chi connectivity index (χ1v) is 36.0. The second-order valence-corrected chi connectivity index (χ2v) is 27.9. The van der Waals surface area contributed by atoms with Gasteiger partial charge in [-0.15, -0.1) is 0 Å². The molecule has 0 aromatic heterocycles. The number of phenolic OH excluding ortho intramolecular Hbond substituents is 2. The molecule has 6 aliphatic heterocycles. The minimum Gasteiger partial charge on any atom is -0.508 e. The number of thiocarbonyl (C=S) groups is 1. The van der Waals surface area contributed by atoms with Gasteiger partial charge in [0.15, 0.2) is 22.6 Å². The number of fused-ring (bicyclic) bond motifs is 8. The van der Waals surface area contributed by atoms with Crippen LogP contribution in [0.25, 0.3) is 0 Å². The first-order chi connectivity index (χ1) is 46.6. The van der Waals surface area contributed by atoms with Crippen LogP contribution in [0.1, 0.15) is 153 Å². The van der Waals surface area contributed by atoms with Gasteiger partial charge in [-0.05, 0) is 131 Å². The van der Waals surface area contributed by atoms with E-state index in [2.05, 4.69) is 58.5 Å². The van der Waals surface area contributed by atoms with Crippen molar-refractivity contribution in [2.24, 2.45) is 0 Å². The van der Waals surface area contributed by atoms with Gasteiger partial charge in [-0.2, -0.15) is 23.5 Å². The molecule has 6 heterocycles. The summed E-state index contributed by atoms with van der Waals surface area (Å²) in [5.41, 5.74) is 2.12. The van der Waals surface area contributed by atoms with E-state index in [1.807, 2.05) is 23.5 Å². The van der Waals surface area contributed by atoms with Crippen LogP contribution >= 0.6 is 35.7 Å². The molecule has 6 aliphatic rings. The number of guanidine groups is 2. The van der Waals surface area contributed by atoms with E-state index in [-0.39, 0.29) is 78.8 Å². The first kappa shape index (κ1) is 70.7.